The number of thioether (sulfide) groups is 1. The lowest BCUT2D eigenvalue weighted by molar-refractivity contribution is 0.750. The van der Waals surface area contributed by atoms with Crippen LogP contribution in [0.3, 0.4) is 0 Å². The van der Waals surface area contributed by atoms with Gasteiger partial charge in [0.1, 0.15) is 5.84 Å². The minimum atomic E-state index is 0.108. The first-order valence-electron chi connectivity index (χ1n) is 4.77. The van der Waals surface area contributed by atoms with E-state index in [0.717, 1.165) is 15.8 Å². The van der Waals surface area contributed by atoms with E-state index in [4.69, 9.17) is 11.1 Å². The predicted octanol–water partition coefficient (Wildman–Crippen LogP) is 3.48. The Balaban J connectivity index is 2.79. The maximum Gasteiger partial charge on any atom is 0.122 e. The van der Waals surface area contributed by atoms with Crippen LogP contribution in [0.2, 0.25) is 0 Å². The van der Waals surface area contributed by atoms with Gasteiger partial charge in [-0.05, 0) is 34.0 Å². The molecule has 0 heterocycles. The summed E-state index contributed by atoms with van der Waals surface area (Å²) in [4.78, 5) is 1.20. The Kier molecular flexibility index (Phi) is 4.67. The fourth-order valence-corrected chi connectivity index (χ4v) is 2.64. The van der Waals surface area contributed by atoms with Gasteiger partial charge in [0, 0.05) is 20.7 Å². The number of hydrogen-bond acceptors (Lipinski definition) is 2. The molecular weight excluding hydrogens is 272 g/mol. The van der Waals surface area contributed by atoms with Crippen LogP contribution < -0.4 is 5.73 Å². The Morgan fingerprint density at radius 1 is 1.53 bits per heavy atom. The molecule has 4 heteroatoms. The number of hydrogen-bond donors (Lipinski definition) is 2. The molecule has 0 bridgehead atoms. The number of nitrogen functional groups attached to an aromatic ring is 1. The van der Waals surface area contributed by atoms with E-state index in [2.05, 4.69) is 29.8 Å². The summed E-state index contributed by atoms with van der Waals surface area (Å²) in [5, 5.41) is 7.32. The van der Waals surface area contributed by atoms with Crippen LogP contribution in [-0.4, -0.2) is 11.6 Å². The van der Waals surface area contributed by atoms with E-state index in [1.165, 1.54) is 4.90 Å². The Labute approximate surface area is 103 Å². The van der Waals surface area contributed by atoms with Crippen molar-refractivity contribution in [3.8, 4) is 0 Å². The summed E-state index contributed by atoms with van der Waals surface area (Å²) in [6, 6.07) is 5.79. The molecule has 0 aliphatic heterocycles. The molecule has 82 valence electrons. The van der Waals surface area contributed by atoms with Gasteiger partial charge in [0.2, 0.25) is 0 Å². The standard InChI is InChI=1S/C11H15BrN2S/c1-7(2)6-15-10-4-3-8(11(13)14)5-9(10)12/h3-5,7H,6H2,1-2H3,(H3,13,14). The van der Waals surface area contributed by atoms with Gasteiger partial charge in [-0.25, -0.2) is 0 Å². The van der Waals surface area contributed by atoms with E-state index >= 15 is 0 Å². The minimum absolute atomic E-state index is 0.108. The van der Waals surface area contributed by atoms with Gasteiger partial charge in [0.05, 0.1) is 0 Å². The molecule has 0 spiro atoms. The molecule has 0 atom stereocenters. The van der Waals surface area contributed by atoms with Crippen molar-refractivity contribution in [3.05, 3.63) is 28.2 Å². The summed E-state index contributed by atoms with van der Waals surface area (Å²) in [5.41, 5.74) is 6.17. The fourth-order valence-electron chi connectivity index (χ4n) is 1.04. The number of halogens is 1. The van der Waals surface area contributed by atoms with E-state index in [-0.39, 0.29) is 5.84 Å². The van der Waals surface area contributed by atoms with E-state index in [1.54, 1.807) is 0 Å². The van der Waals surface area contributed by atoms with Crippen molar-refractivity contribution < 1.29 is 0 Å². The zero-order valence-electron chi connectivity index (χ0n) is 8.88. The first-order valence-corrected chi connectivity index (χ1v) is 6.55. The summed E-state index contributed by atoms with van der Waals surface area (Å²) in [6.07, 6.45) is 0. The molecule has 1 rings (SSSR count). The highest BCUT2D eigenvalue weighted by Crippen LogP contribution is 2.29. The SMILES string of the molecule is CC(C)CSc1ccc(C(=N)N)cc1Br. The normalized spacial score (nSPS) is 10.7. The summed E-state index contributed by atoms with van der Waals surface area (Å²) in [5.74, 6) is 1.88. The lowest BCUT2D eigenvalue weighted by Crippen LogP contribution is -2.10. The largest absolute Gasteiger partial charge is 0.384 e. The zero-order chi connectivity index (χ0) is 11.4. The summed E-state index contributed by atoms with van der Waals surface area (Å²) in [7, 11) is 0. The molecule has 1 aromatic rings. The highest BCUT2D eigenvalue weighted by molar-refractivity contribution is 9.10. The van der Waals surface area contributed by atoms with Crippen LogP contribution in [0, 0.1) is 11.3 Å². The first-order chi connectivity index (χ1) is 7.00. The molecule has 2 nitrogen and oxygen atoms in total. The third-order valence-corrected chi connectivity index (χ3v) is 4.23. The topological polar surface area (TPSA) is 49.9 Å². The van der Waals surface area contributed by atoms with Crippen LogP contribution in [0.1, 0.15) is 19.4 Å². The van der Waals surface area contributed by atoms with Crippen LogP contribution in [0.25, 0.3) is 0 Å². The molecule has 15 heavy (non-hydrogen) atoms. The Morgan fingerprint density at radius 3 is 2.67 bits per heavy atom. The van der Waals surface area contributed by atoms with Crippen molar-refractivity contribution in [2.75, 3.05) is 5.75 Å². The Bertz CT molecular complexity index is 364. The van der Waals surface area contributed by atoms with Crippen molar-refractivity contribution in [3.63, 3.8) is 0 Å². The quantitative estimate of drug-likeness (QED) is 0.506. The van der Waals surface area contributed by atoms with Crippen LogP contribution in [0.15, 0.2) is 27.6 Å². The molecule has 0 saturated heterocycles. The van der Waals surface area contributed by atoms with Crippen molar-refractivity contribution >= 4 is 33.5 Å². The highest BCUT2D eigenvalue weighted by Gasteiger charge is 2.04. The van der Waals surface area contributed by atoms with Crippen molar-refractivity contribution in [1.82, 2.24) is 0 Å². The Morgan fingerprint density at radius 2 is 2.20 bits per heavy atom. The van der Waals surface area contributed by atoms with Crippen LogP contribution in [0.4, 0.5) is 0 Å². The molecule has 0 radical (unpaired) electrons. The van der Waals surface area contributed by atoms with Crippen LogP contribution >= 0.6 is 27.7 Å². The maximum absolute atomic E-state index is 7.32. The average molecular weight is 287 g/mol. The molecule has 0 aromatic heterocycles. The van der Waals surface area contributed by atoms with Crippen LogP contribution in [0.5, 0.6) is 0 Å². The highest BCUT2D eigenvalue weighted by atomic mass is 79.9. The number of nitrogens with two attached hydrogens (primary N) is 1. The van der Waals surface area contributed by atoms with E-state index in [0.29, 0.717) is 5.92 Å². The number of rotatable bonds is 4. The van der Waals surface area contributed by atoms with Gasteiger partial charge in [-0.2, -0.15) is 0 Å². The third-order valence-electron chi connectivity index (χ3n) is 1.82. The molecule has 3 N–H and O–H groups in total. The monoisotopic (exact) mass is 286 g/mol. The second kappa shape index (κ2) is 5.56. The summed E-state index contributed by atoms with van der Waals surface area (Å²) < 4.78 is 1.01. The molecule has 0 aliphatic rings. The maximum atomic E-state index is 7.32. The van der Waals surface area contributed by atoms with Gasteiger partial charge in [0.25, 0.3) is 0 Å². The van der Waals surface area contributed by atoms with Gasteiger partial charge in [-0.15, -0.1) is 11.8 Å². The number of benzene rings is 1. The predicted molar refractivity (Wildman–Crippen MR) is 70.7 cm³/mol. The fraction of sp³-hybridized carbons (Fsp3) is 0.364. The summed E-state index contributed by atoms with van der Waals surface area (Å²) in [6.45, 7) is 4.40. The second-order valence-corrected chi connectivity index (χ2v) is 5.68. The second-order valence-electron chi connectivity index (χ2n) is 3.76. The van der Waals surface area contributed by atoms with Crippen LogP contribution in [-0.2, 0) is 0 Å². The summed E-state index contributed by atoms with van der Waals surface area (Å²) >= 11 is 5.31. The van der Waals surface area contributed by atoms with E-state index in [1.807, 2.05) is 30.0 Å². The molecule has 0 saturated carbocycles. The first kappa shape index (κ1) is 12.6. The van der Waals surface area contributed by atoms with Gasteiger partial charge < -0.3 is 5.73 Å². The van der Waals surface area contributed by atoms with Crippen molar-refractivity contribution in [2.45, 2.75) is 18.7 Å². The minimum Gasteiger partial charge on any atom is -0.384 e. The average Bonchev–Trinajstić information content (AvgIpc) is 2.15. The molecule has 0 amide bonds. The van der Waals surface area contributed by atoms with E-state index < -0.39 is 0 Å². The lowest BCUT2D eigenvalue weighted by Gasteiger charge is -2.08. The van der Waals surface area contributed by atoms with Gasteiger partial charge in [-0.1, -0.05) is 19.9 Å². The number of nitrogens with one attached hydrogen (secondary N) is 1. The molecule has 0 aliphatic carbocycles. The zero-order valence-corrected chi connectivity index (χ0v) is 11.3. The molecule has 0 fully saturated rings. The lowest BCUT2D eigenvalue weighted by atomic mass is 10.2. The third kappa shape index (κ3) is 3.87. The van der Waals surface area contributed by atoms with Gasteiger partial charge in [-0.3, -0.25) is 5.41 Å². The van der Waals surface area contributed by atoms with Crippen molar-refractivity contribution in [1.29, 1.82) is 5.41 Å². The molecular formula is C11H15BrN2S. The smallest absolute Gasteiger partial charge is 0.122 e. The Hall–Kier alpha value is -0.480. The number of amidine groups is 1. The van der Waals surface area contributed by atoms with E-state index in [9.17, 15) is 0 Å². The van der Waals surface area contributed by atoms with Gasteiger partial charge in [0.15, 0.2) is 0 Å². The molecule has 1 aromatic carbocycles. The van der Waals surface area contributed by atoms with Gasteiger partial charge >= 0.3 is 0 Å². The van der Waals surface area contributed by atoms with Crippen molar-refractivity contribution in [2.24, 2.45) is 11.7 Å². The molecule has 0 unspecified atom stereocenters.